The van der Waals surface area contributed by atoms with E-state index in [1.807, 2.05) is 13.8 Å². The lowest BCUT2D eigenvalue weighted by Crippen LogP contribution is -2.17. The number of halogens is 1. The first-order chi connectivity index (χ1) is 18.4. The number of ether oxygens (including phenoxy) is 4. The lowest BCUT2D eigenvalue weighted by atomic mass is 10.1. The number of methoxy groups -OCH3 is 1. The second-order valence-corrected chi connectivity index (χ2v) is 8.82. The number of carbonyl (C=O) groups is 2. The van der Waals surface area contributed by atoms with Gasteiger partial charge in [-0.15, -0.1) is 0 Å². The lowest BCUT2D eigenvalue weighted by molar-refractivity contribution is 0.0696. The predicted octanol–water partition coefficient (Wildman–Crippen LogP) is 5.69. The van der Waals surface area contributed by atoms with Crippen molar-refractivity contribution >= 4 is 34.0 Å². The number of carboxylic acid groups (broad SMARTS) is 1. The monoisotopic (exact) mass is 584 g/mol. The van der Waals surface area contributed by atoms with Crippen molar-refractivity contribution in [3.63, 3.8) is 0 Å². The molecule has 3 aromatic carbocycles. The van der Waals surface area contributed by atoms with Gasteiger partial charge >= 0.3 is 5.97 Å². The zero-order valence-electron chi connectivity index (χ0n) is 21.3. The molecule has 0 radical (unpaired) electrons. The Balaban J connectivity index is 1.69. The summed E-state index contributed by atoms with van der Waals surface area (Å²) < 4.78 is 23.3. The van der Waals surface area contributed by atoms with Crippen molar-refractivity contribution in [3.8, 4) is 23.0 Å². The van der Waals surface area contributed by atoms with Crippen molar-refractivity contribution < 1.29 is 33.6 Å². The minimum Gasteiger partial charge on any atom is -0.493 e. The van der Waals surface area contributed by atoms with Crippen LogP contribution in [0.1, 0.15) is 52.1 Å². The highest BCUT2D eigenvalue weighted by atomic mass is 79.9. The normalized spacial score (nSPS) is 10.7. The molecule has 2 N–H and O–H groups in total. The molecule has 0 aromatic heterocycles. The van der Waals surface area contributed by atoms with Gasteiger partial charge in [-0.25, -0.2) is 10.2 Å². The molecule has 0 bridgehead atoms. The summed E-state index contributed by atoms with van der Waals surface area (Å²) in [4.78, 5) is 23.6. The highest BCUT2D eigenvalue weighted by molar-refractivity contribution is 9.10. The lowest BCUT2D eigenvalue weighted by Gasteiger charge is -2.15. The van der Waals surface area contributed by atoms with Crippen LogP contribution in [0.15, 0.2) is 64.2 Å². The zero-order valence-corrected chi connectivity index (χ0v) is 22.9. The molecule has 3 aromatic rings. The second kappa shape index (κ2) is 14.0. The zero-order chi connectivity index (χ0) is 27.5. The molecular formula is C28H29BrN2O7. The van der Waals surface area contributed by atoms with Gasteiger partial charge in [-0.1, -0.05) is 19.1 Å². The summed E-state index contributed by atoms with van der Waals surface area (Å²) in [7, 11) is 1.52. The Morgan fingerprint density at radius 2 is 1.68 bits per heavy atom. The molecule has 0 saturated heterocycles. The summed E-state index contributed by atoms with van der Waals surface area (Å²) in [5.41, 5.74) is 4.56. The molecule has 0 heterocycles. The van der Waals surface area contributed by atoms with Gasteiger partial charge in [-0.3, -0.25) is 4.79 Å². The fourth-order valence-electron chi connectivity index (χ4n) is 3.33. The molecule has 0 spiro atoms. The maximum Gasteiger partial charge on any atom is 0.335 e. The molecule has 0 aliphatic heterocycles. The summed E-state index contributed by atoms with van der Waals surface area (Å²) in [5.74, 6) is 0.634. The number of hydrogen-bond donors (Lipinski definition) is 2. The molecule has 0 unspecified atom stereocenters. The van der Waals surface area contributed by atoms with Crippen molar-refractivity contribution in [2.24, 2.45) is 5.10 Å². The minimum atomic E-state index is -0.984. The number of hydrogen-bond acceptors (Lipinski definition) is 7. The predicted molar refractivity (Wildman–Crippen MR) is 147 cm³/mol. The smallest absolute Gasteiger partial charge is 0.335 e. The number of aromatic carboxylic acids is 1. The molecule has 0 aliphatic rings. The Kier molecular flexibility index (Phi) is 10.5. The summed E-state index contributed by atoms with van der Waals surface area (Å²) >= 11 is 3.51. The molecule has 200 valence electrons. The Bertz CT molecular complexity index is 1290. The molecule has 9 nitrogen and oxygen atoms in total. The van der Waals surface area contributed by atoms with Gasteiger partial charge in [0.1, 0.15) is 6.61 Å². The van der Waals surface area contributed by atoms with Gasteiger partial charge < -0.3 is 24.1 Å². The van der Waals surface area contributed by atoms with Crippen LogP contribution in [0.5, 0.6) is 23.0 Å². The van der Waals surface area contributed by atoms with Crippen LogP contribution in [0.2, 0.25) is 0 Å². The largest absolute Gasteiger partial charge is 0.493 e. The number of carboxylic acids is 1. The Morgan fingerprint density at radius 1 is 0.947 bits per heavy atom. The summed E-state index contributed by atoms with van der Waals surface area (Å²) in [6, 6.07) is 14.9. The molecule has 0 atom stereocenters. The number of nitrogens with zero attached hydrogens (tertiary/aromatic N) is 1. The minimum absolute atomic E-state index is 0.206. The van der Waals surface area contributed by atoms with Crippen molar-refractivity contribution in [1.82, 2.24) is 5.43 Å². The molecule has 10 heteroatoms. The van der Waals surface area contributed by atoms with E-state index in [0.717, 1.165) is 12.0 Å². The van der Waals surface area contributed by atoms with E-state index in [4.69, 9.17) is 24.1 Å². The molecule has 1 amide bonds. The van der Waals surface area contributed by atoms with Gasteiger partial charge in [-0.05, 0) is 82.9 Å². The van der Waals surface area contributed by atoms with E-state index in [2.05, 4.69) is 26.5 Å². The van der Waals surface area contributed by atoms with Crippen molar-refractivity contribution in [2.75, 3.05) is 20.3 Å². The summed E-state index contributed by atoms with van der Waals surface area (Å²) in [6.45, 7) is 5.04. The fraction of sp³-hybridized carbons (Fsp3) is 0.250. The van der Waals surface area contributed by atoms with Crippen LogP contribution in [0.4, 0.5) is 0 Å². The van der Waals surface area contributed by atoms with Crippen LogP contribution in [0.3, 0.4) is 0 Å². The summed E-state index contributed by atoms with van der Waals surface area (Å²) in [6.07, 6.45) is 2.35. The van der Waals surface area contributed by atoms with Gasteiger partial charge in [0.2, 0.25) is 0 Å². The first-order valence-electron chi connectivity index (χ1n) is 11.9. The second-order valence-electron chi connectivity index (χ2n) is 7.97. The van der Waals surface area contributed by atoms with E-state index < -0.39 is 11.9 Å². The van der Waals surface area contributed by atoms with E-state index in [0.29, 0.717) is 51.8 Å². The van der Waals surface area contributed by atoms with Gasteiger partial charge in [-0.2, -0.15) is 5.10 Å². The van der Waals surface area contributed by atoms with E-state index in [-0.39, 0.29) is 12.2 Å². The average Bonchev–Trinajstić information content (AvgIpc) is 2.91. The van der Waals surface area contributed by atoms with E-state index in [1.54, 1.807) is 42.5 Å². The van der Waals surface area contributed by atoms with Crippen LogP contribution >= 0.6 is 15.9 Å². The molecule has 0 aliphatic carbocycles. The Labute approximate surface area is 229 Å². The maximum atomic E-state index is 12.6. The van der Waals surface area contributed by atoms with Gasteiger partial charge in [0, 0.05) is 5.56 Å². The number of amides is 1. The summed E-state index contributed by atoms with van der Waals surface area (Å²) in [5, 5.41) is 13.1. The third-order valence-corrected chi connectivity index (χ3v) is 5.77. The maximum absolute atomic E-state index is 12.6. The van der Waals surface area contributed by atoms with Gasteiger partial charge in [0.05, 0.1) is 36.6 Å². The molecule has 38 heavy (non-hydrogen) atoms. The van der Waals surface area contributed by atoms with Gasteiger partial charge in [0.25, 0.3) is 5.91 Å². The quantitative estimate of drug-likeness (QED) is 0.196. The van der Waals surface area contributed by atoms with Crippen LogP contribution in [0.25, 0.3) is 0 Å². The first-order valence-corrected chi connectivity index (χ1v) is 12.7. The topological polar surface area (TPSA) is 116 Å². The first kappa shape index (κ1) is 28.5. The third-order valence-electron chi connectivity index (χ3n) is 5.18. The highest BCUT2D eigenvalue weighted by Crippen LogP contribution is 2.37. The molecular weight excluding hydrogens is 556 g/mol. The average molecular weight is 585 g/mol. The van der Waals surface area contributed by atoms with Crippen LogP contribution in [-0.4, -0.2) is 43.5 Å². The number of carbonyl (C=O) groups excluding carboxylic acids is 1. The number of nitrogens with one attached hydrogen (secondary N) is 1. The SMILES string of the molecule is CCCOc1ccc(C(=O)N/N=C/c2cc(Br)c(OCc3ccc(C(=O)O)cc3)c(OCC)c2)cc1OC. The van der Waals surface area contributed by atoms with Crippen molar-refractivity contribution in [1.29, 1.82) is 0 Å². The van der Waals surface area contributed by atoms with Crippen LogP contribution < -0.4 is 24.4 Å². The fourth-order valence-corrected chi connectivity index (χ4v) is 3.91. The van der Waals surface area contributed by atoms with E-state index in [9.17, 15) is 9.59 Å². The van der Waals surface area contributed by atoms with Crippen LogP contribution in [-0.2, 0) is 6.61 Å². The van der Waals surface area contributed by atoms with Crippen LogP contribution in [0, 0.1) is 0 Å². The Hall–Kier alpha value is -4.05. The molecule has 0 fully saturated rings. The number of hydrazone groups is 1. The van der Waals surface area contributed by atoms with E-state index >= 15 is 0 Å². The molecule has 3 rings (SSSR count). The van der Waals surface area contributed by atoms with Crippen molar-refractivity contribution in [2.45, 2.75) is 26.9 Å². The van der Waals surface area contributed by atoms with Crippen molar-refractivity contribution in [3.05, 3.63) is 81.3 Å². The number of rotatable bonds is 13. The standard InChI is InChI=1S/C28H29BrN2O7/c1-4-12-37-23-11-10-21(15-24(23)35-3)27(32)31-30-16-19-13-22(29)26(25(14-19)36-5-2)38-17-18-6-8-20(9-7-18)28(33)34/h6-11,13-16H,4-5,12,17H2,1-3H3,(H,31,32)(H,33,34)/b30-16+. The number of benzene rings is 3. The van der Waals surface area contributed by atoms with E-state index in [1.165, 1.54) is 25.5 Å². The Morgan fingerprint density at radius 3 is 2.34 bits per heavy atom. The third kappa shape index (κ3) is 7.72. The van der Waals surface area contributed by atoms with Gasteiger partial charge in [0.15, 0.2) is 23.0 Å². The molecule has 0 saturated carbocycles. The highest BCUT2D eigenvalue weighted by Gasteiger charge is 2.14.